The average molecular weight is 267 g/mol. The molecule has 0 bridgehead atoms. The monoisotopic (exact) mass is 266 g/mol. The molecular weight excluding hydrogens is 248 g/mol. The van der Waals surface area contributed by atoms with E-state index in [1.165, 1.54) is 6.42 Å². The van der Waals surface area contributed by atoms with Crippen molar-refractivity contribution < 1.29 is 4.79 Å². The van der Waals surface area contributed by atoms with Crippen molar-refractivity contribution in [3.63, 3.8) is 0 Å². The second kappa shape index (κ2) is 6.21. The molecule has 0 saturated carbocycles. The van der Waals surface area contributed by atoms with Crippen molar-refractivity contribution in [1.29, 1.82) is 0 Å². The number of hydrogen-bond acceptors (Lipinski definition) is 2. The smallest absolute Gasteiger partial charge is 0.255 e. The number of carbonyl (C=O) groups is 1. The van der Waals surface area contributed by atoms with Gasteiger partial charge in [-0.05, 0) is 44.0 Å². The third kappa shape index (κ3) is 3.24. The van der Waals surface area contributed by atoms with E-state index in [-0.39, 0.29) is 5.91 Å². The van der Waals surface area contributed by atoms with Crippen molar-refractivity contribution in [2.24, 2.45) is 5.92 Å². The fourth-order valence-corrected chi connectivity index (χ4v) is 2.50. The van der Waals surface area contributed by atoms with E-state index in [1.807, 2.05) is 19.2 Å². The topological polar surface area (TPSA) is 32.3 Å². The molecule has 1 aromatic carbocycles. The Hall–Kier alpha value is -1.06. The second-order valence-corrected chi connectivity index (χ2v) is 5.26. The van der Waals surface area contributed by atoms with Gasteiger partial charge in [0.2, 0.25) is 0 Å². The molecule has 0 aliphatic carbocycles. The summed E-state index contributed by atoms with van der Waals surface area (Å²) in [5.74, 6) is 0.707. The van der Waals surface area contributed by atoms with Gasteiger partial charge in [0.15, 0.2) is 0 Å². The van der Waals surface area contributed by atoms with Crippen LogP contribution < -0.4 is 5.32 Å². The van der Waals surface area contributed by atoms with Gasteiger partial charge in [0.05, 0.1) is 10.6 Å². The Bertz CT molecular complexity index is 416. The van der Waals surface area contributed by atoms with Gasteiger partial charge in [-0.15, -0.1) is 0 Å². The lowest BCUT2D eigenvalue weighted by atomic mass is 10.0. The number of carbonyl (C=O) groups excluding carboxylic acids is 1. The average Bonchev–Trinajstić information content (AvgIpc) is 2.89. The summed E-state index contributed by atoms with van der Waals surface area (Å²) in [5, 5.41) is 3.87. The van der Waals surface area contributed by atoms with Crippen molar-refractivity contribution in [1.82, 2.24) is 10.2 Å². The third-order valence-corrected chi connectivity index (χ3v) is 3.82. The summed E-state index contributed by atoms with van der Waals surface area (Å²) in [7, 11) is 1.84. The van der Waals surface area contributed by atoms with Crippen LogP contribution in [0.2, 0.25) is 5.02 Å². The fourth-order valence-electron chi connectivity index (χ4n) is 2.28. The quantitative estimate of drug-likeness (QED) is 0.908. The molecule has 1 aliphatic rings. The molecule has 1 fully saturated rings. The molecule has 1 aromatic rings. The highest BCUT2D eigenvalue weighted by atomic mass is 35.5. The number of benzene rings is 1. The number of rotatable bonds is 4. The molecule has 4 heteroatoms. The minimum atomic E-state index is 0.00607. The first kappa shape index (κ1) is 13.4. The van der Waals surface area contributed by atoms with Crippen molar-refractivity contribution in [3.05, 3.63) is 34.9 Å². The number of nitrogens with one attached hydrogen (secondary N) is 1. The van der Waals surface area contributed by atoms with Gasteiger partial charge >= 0.3 is 0 Å². The summed E-state index contributed by atoms with van der Waals surface area (Å²) in [5.41, 5.74) is 0.589. The summed E-state index contributed by atoms with van der Waals surface area (Å²) in [6, 6.07) is 7.21. The fraction of sp³-hybridized carbons (Fsp3) is 0.500. The minimum absolute atomic E-state index is 0.00607. The van der Waals surface area contributed by atoms with E-state index in [0.717, 1.165) is 26.1 Å². The molecule has 2 rings (SSSR count). The molecule has 0 spiro atoms. The molecule has 1 amide bonds. The van der Waals surface area contributed by atoms with Gasteiger partial charge in [-0.25, -0.2) is 0 Å². The summed E-state index contributed by atoms with van der Waals surface area (Å²) in [6.07, 6.45) is 2.27. The standard InChI is InChI=1S/C14H19ClN2O/c1-17(9-7-11-6-8-16-10-11)14(18)12-4-2-3-5-13(12)15/h2-5,11,16H,6-10H2,1H3. The lowest BCUT2D eigenvalue weighted by Gasteiger charge is -2.19. The van der Waals surface area contributed by atoms with Gasteiger partial charge in [-0.2, -0.15) is 0 Å². The zero-order chi connectivity index (χ0) is 13.0. The van der Waals surface area contributed by atoms with Crippen molar-refractivity contribution in [2.75, 3.05) is 26.7 Å². The number of nitrogens with zero attached hydrogens (tertiary/aromatic N) is 1. The van der Waals surface area contributed by atoms with Crippen molar-refractivity contribution in [3.8, 4) is 0 Å². The third-order valence-electron chi connectivity index (χ3n) is 3.49. The van der Waals surface area contributed by atoms with Crippen LogP contribution in [0.5, 0.6) is 0 Å². The Morgan fingerprint density at radius 2 is 2.28 bits per heavy atom. The van der Waals surface area contributed by atoms with Crippen molar-refractivity contribution in [2.45, 2.75) is 12.8 Å². The maximum Gasteiger partial charge on any atom is 0.255 e. The number of amides is 1. The number of halogens is 1. The first-order chi connectivity index (χ1) is 8.68. The molecule has 1 atom stereocenters. The SMILES string of the molecule is CN(CCC1CCNC1)C(=O)c1ccccc1Cl. The molecule has 0 aromatic heterocycles. The van der Waals surface area contributed by atoms with Crippen LogP contribution in [0.3, 0.4) is 0 Å². The Kier molecular flexibility index (Phi) is 4.61. The molecule has 0 radical (unpaired) electrons. The highest BCUT2D eigenvalue weighted by Crippen LogP contribution is 2.18. The van der Waals surface area contributed by atoms with E-state index < -0.39 is 0 Å². The van der Waals surface area contributed by atoms with Gasteiger partial charge in [0.1, 0.15) is 0 Å². The van der Waals surface area contributed by atoms with E-state index >= 15 is 0 Å². The van der Waals surface area contributed by atoms with E-state index in [2.05, 4.69) is 5.32 Å². The summed E-state index contributed by atoms with van der Waals surface area (Å²) in [4.78, 5) is 14.0. The molecular formula is C14H19ClN2O. The predicted molar refractivity (Wildman–Crippen MR) is 74.0 cm³/mol. The Labute approximate surface area is 113 Å². The normalized spacial score (nSPS) is 18.9. The van der Waals surface area contributed by atoms with Crippen LogP contribution in [-0.4, -0.2) is 37.5 Å². The van der Waals surface area contributed by atoms with Gasteiger partial charge < -0.3 is 10.2 Å². The van der Waals surface area contributed by atoms with E-state index in [4.69, 9.17) is 11.6 Å². The maximum absolute atomic E-state index is 12.2. The van der Waals surface area contributed by atoms with E-state index in [1.54, 1.807) is 17.0 Å². The molecule has 1 saturated heterocycles. The first-order valence-electron chi connectivity index (χ1n) is 6.39. The van der Waals surface area contributed by atoms with Crippen LogP contribution in [0.15, 0.2) is 24.3 Å². The van der Waals surface area contributed by atoms with Gasteiger partial charge in [-0.3, -0.25) is 4.79 Å². The highest BCUT2D eigenvalue weighted by molar-refractivity contribution is 6.33. The second-order valence-electron chi connectivity index (χ2n) is 4.85. The number of hydrogen-bond donors (Lipinski definition) is 1. The Morgan fingerprint density at radius 3 is 2.94 bits per heavy atom. The maximum atomic E-state index is 12.2. The predicted octanol–water partition coefficient (Wildman–Crippen LogP) is 2.41. The lowest BCUT2D eigenvalue weighted by molar-refractivity contribution is 0.0788. The van der Waals surface area contributed by atoms with Crippen LogP contribution in [0.1, 0.15) is 23.2 Å². The zero-order valence-electron chi connectivity index (χ0n) is 10.7. The van der Waals surface area contributed by atoms with E-state index in [0.29, 0.717) is 16.5 Å². The summed E-state index contributed by atoms with van der Waals surface area (Å²) < 4.78 is 0. The van der Waals surface area contributed by atoms with Gasteiger partial charge in [0.25, 0.3) is 5.91 Å². The Balaban J connectivity index is 1.90. The molecule has 1 aliphatic heterocycles. The first-order valence-corrected chi connectivity index (χ1v) is 6.77. The summed E-state index contributed by atoms with van der Waals surface area (Å²) >= 11 is 6.03. The van der Waals surface area contributed by atoms with Crippen LogP contribution >= 0.6 is 11.6 Å². The Morgan fingerprint density at radius 1 is 1.50 bits per heavy atom. The minimum Gasteiger partial charge on any atom is -0.342 e. The zero-order valence-corrected chi connectivity index (χ0v) is 11.4. The molecule has 3 nitrogen and oxygen atoms in total. The van der Waals surface area contributed by atoms with E-state index in [9.17, 15) is 4.79 Å². The largest absolute Gasteiger partial charge is 0.342 e. The van der Waals surface area contributed by atoms with Crippen LogP contribution in [0.4, 0.5) is 0 Å². The van der Waals surface area contributed by atoms with Gasteiger partial charge in [-0.1, -0.05) is 23.7 Å². The molecule has 98 valence electrons. The molecule has 1 heterocycles. The summed E-state index contributed by atoms with van der Waals surface area (Å²) in [6.45, 7) is 2.97. The van der Waals surface area contributed by atoms with Crippen LogP contribution in [0, 0.1) is 5.92 Å². The van der Waals surface area contributed by atoms with Crippen molar-refractivity contribution >= 4 is 17.5 Å². The highest BCUT2D eigenvalue weighted by Gasteiger charge is 2.18. The molecule has 18 heavy (non-hydrogen) atoms. The van der Waals surface area contributed by atoms with Crippen LogP contribution in [-0.2, 0) is 0 Å². The lowest BCUT2D eigenvalue weighted by Crippen LogP contribution is -2.29. The van der Waals surface area contributed by atoms with Crippen LogP contribution in [0.25, 0.3) is 0 Å². The van der Waals surface area contributed by atoms with Gasteiger partial charge in [0, 0.05) is 13.6 Å². The molecule has 1 unspecified atom stereocenters. The molecule has 1 N–H and O–H groups in total.